The van der Waals surface area contributed by atoms with Gasteiger partial charge in [0.15, 0.2) is 11.5 Å². The third-order valence-corrected chi connectivity index (χ3v) is 4.25. The molecule has 0 amide bonds. The van der Waals surface area contributed by atoms with Crippen molar-refractivity contribution in [1.82, 2.24) is 4.98 Å². The lowest BCUT2D eigenvalue weighted by molar-refractivity contribution is -0.0526. The van der Waals surface area contributed by atoms with E-state index in [4.69, 9.17) is 9.47 Å². The number of ether oxygens (including phenoxy) is 3. The van der Waals surface area contributed by atoms with Crippen LogP contribution in [0.25, 0.3) is 17.0 Å². The monoisotopic (exact) mass is 416 g/mol. The van der Waals surface area contributed by atoms with Gasteiger partial charge in [-0.3, -0.25) is 4.79 Å². The average Bonchev–Trinajstić information content (AvgIpc) is 3.14. The third kappa shape index (κ3) is 4.07. The topological polar surface area (TPSA) is 84.3 Å². The number of ketones is 1. The number of aromatic nitrogens is 1. The largest absolute Gasteiger partial charge is 0.493 e. The van der Waals surface area contributed by atoms with E-state index in [0.717, 1.165) is 0 Å². The van der Waals surface area contributed by atoms with Gasteiger partial charge in [-0.05, 0) is 42.0 Å². The molecule has 9 heteroatoms. The number of hydrogen-bond donors (Lipinski definition) is 1. The number of nitrogens with one attached hydrogen (secondary N) is 1. The smallest absolute Gasteiger partial charge is 0.387 e. The number of methoxy groups -OCH3 is 2. The van der Waals surface area contributed by atoms with Crippen molar-refractivity contribution in [1.29, 1.82) is 5.26 Å². The number of carbonyl (C=O) groups excluding carboxylic acids is 1. The molecule has 0 radical (unpaired) electrons. The van der Waals surface area contributed by atoms with Gasteiger partial charge >= 0.3 is 6.61 Å². The summed E-state index contributed by atoms with van der Waals surface area (Å²) in [5.74, 6) is -1.50. The van der Waals surface area contributed by atoms with E-state index in [1.807, 2.05) is 6.07 Å². The Morgan fingerprint density at radius 2 is 1.83 bits per heavy atom. The molecule has 0 unspecified atom stereocenters. The van der Waals surface area contributed by atoms with Crippen LogP contribution in [0.1, 0.15) is 15.9 Å². The van der Waals surface area contributed by atoms with Crippen LogP contribution in [0.4, 0.5) is 13.2 Å². The number of allylic oxidation sites excluding steroid dienone is 1. The molecule has 6 nitrogen and oxygen atoms in total. The quantitative estimate of drug-likeness (QED) is 0.342. The van der Waals surface area contributed by atoms with Crippen LogP contribution in [0.5, 0.6) is 17.2 Å². The molecule has 0 saturated carbocycles. The summed E-state index contributed by atoms with van der Waals surface area (Å²) in [6.07, 6.45) is 2.65. The number of halogens is 3. The SMILES string of the molecule is COc1cc(/C=C(/C#N)C(=O)c2c[nH]c3cc(F)ccc23)cc(OC)c1OC(F)F. The minimum absolute atomic E-state index is 0.0618. The number of benzene rings is 2. The number of rotatable bonds is 7. The summed E-state index contributed by atoms with van der Waals surface area (Å²) >= 11 is 0. The van der Waals surface area contributed by atoms with Gasteiger partial charge in [0, 0.05) is 22.7 Å². The first-order valence-electron chi connectivity index (χ1n) is 8.52. The maximum atomic E-state index is 13.4. The highest BCUT2D eigenvalue weighted by molar-refractivity contribution is 6.19. The van der Waals surface area contributed by atoms with E-state index in [1.54, 1.807) is 0 Å². The highest BCUT2D eigenvalue weighted by atomic mass is 19.3. The molecule has 0 aliphatic heterocycles. The molecule has 0 atom stereocenters. The summed E-state index contributed by atoms with van der Waals surface area (Å²) in [6.45, 7) is -3.10. The lowest BCUT2D eigenvalue weighted by atomic mass is 10.0. The number of H-pyrrole nitrogens is 1. The minimum Gasteiger partial charge on any atom is -0.493 e. The molecular weight excluding hydrogens is 401 g/mol. The van der Waals surface area contributed by atoms with Gasteiger partial charge in [-0.2, -0.15) is 14.0 Å². The van der Waals surface area contributed by atoms with Crippen molar-refractivity contribution in [2.24, 2.45) is 0 Å². The lowest BCUT2D eigenvalue weighted by Crippen LogP contribution is -2.06. The Kier molecular flexibility index (Phi) is 5.97. The van der Waals surface area contributed by atoms with Crippen LogP contribution in [0, 0.1) is 17.1 Å². The average molecular weight is 416 g/mol. The Bertz CT molecular complexity index is 1150. The fourth-order valence-electron chi connectivity index (χ4n) is 2.94. The van der Waals surface area contributed by atoms with Crippen LogP contribution in [-0.2, 0) is 0 Å². The maximum Gasteiger partial charge on any atom is 0.387 e. The van der Waals surface area contributed by atoms with Crippen molar-refractivity contribution in [3.8, 4) is 23.3 Å². The van der Waals surface area contributed by atoms with Crippen LogP contribution in [-0.4, -0.2) is 31.6 Å². The van der Waals surface area contributed by atoms with Crippen molar-refractivity contribution < 1.29 is 32.2 Å². The Labute approximate surface area is 169 Å². The zero-order valence-corrected chi connectivity index (χ0v) is 15.8. The van der Waals surface area contributed by atoms with Crippen molar-refractivity contribution in [2.75, 3.05) is 14.2 Å². The molecule has 1 heterocycles. The molecule has 154 valence electrons. The Balaban J connectivity index is 2.05. The maximum absolute atomic E-state index is 13.4. The molecule has 0 saturated heterocycles. The molecule has 1 N–H and O–H groups in total. The molecule has 3 aromatic rings. The first-order chi connectivity index (χ1) is 14.4. The van der Waals surface area contributed by atoms with Crippen LogP contribution in [0.15, 0.2) is 42.1 Å². The van der Waals surface area contributed by atoms with Crippen LogP contribution in [0.2, 0.25) is 0 Å². The summed E-state index contributed by atoms with van der Waals surface area (Å²) in [7, 11) is 2.50. The number of nitriles is 1. The van der Waals surface area contributed by atoms with Crippen LogP contribution in [0.3, 0.4) is 0 Å². The summed E-state index contributed by atoms with van der Waals surface area (Å²) in [5.41, 5.74) is 0.662. The van der Waals surface area contributed by atoms with Gasteiger partial charge in [0.25, 0.3) is 0 Å². The Hall–Kier alpha value is -3.93. The number of alkyl halides is 2. The molecule has 2 aromatic carbocycles. The number of fused-ring (bicyclic) bond motifs is 1. The zero-order valence-electron chi connectivity index (χ0n) is 15.8. The first-order valence-corrected chi connectivity index (χ1v) is 8.52. The normalized spacial score (nSPS) is 11.4. The summed E-state index contributed by atoms with van der Waals surface area (Å²) in [4.78, 5) is 15.7. The summed E-state index contributed by atoms with van der Waals surface area (Å²) in [6, 6.07) is 8.37. The minimum atomic E-state index is -3.10. The second kappa shape index (κ2) is 8.61. The van der Waals surface area contributed by atoms with E-state index < -0.39 is 18.2 Å². The third-order valence-electron chi connectivity index (χ3n) is 4.25. The molecule has 0 aliphatic carbocycles. The van der Waals surface area contributed by atoms with Gasteiger partial charge in [-0.25, -0.2) is 4.39 Å². The molecule has 0 aliphatic rings. The van der Waals surface area contributed by atoms with Crippen LogP contribution >= 0.6 is 0 Å². The number of hydrogen-bond acceptors (Lipinski definition) is 5. The summed E-state index contributed by atoms with van der Waals surface area (Å²) < 4.78 is 53.3. The highest BCUT2D eigenvalue weighted by Gasteiger charge is 2.20. The fourth-order valence-corrected chi connectivity index (χ4v) is 2.94. The van der Waals surface area contributed by atoms with E-state index in [1.165, 1.54) is 56.8 Å². The van der Waals surface area contributed by atoms with Crippen molar-refractivity contribution >= 4 is 22.8 Å². The number of carbonyl (C=O) groups is 1. The predicted octanol–water partition coefficient (Wildman–Crippen LogP) is 4.72. The van der Waals surface area contributed by atoms with Gasteiger partial charge in [-0.1, -0.05) is 0 Å². The van der Waals surface area contributed by atoms with Crippen LogP contribution < -0.4 is 14.2 Å². The predicted molar refractivity (Wildman–Crippen MR) is 102 cm³/mol. The number of nitrogens with zero attached hydrogens (tertiary/aromatic N) is 1. The zero-order chi connectivity index (χ0) is 21.8. The lowest BCUT2D eigenvalue weighted by Gasteiger charge is -2.14. The highest BCUT2D eigenvalue weighted by Crippen LogP contribution is 2.40. The van der Waals surface area contributed by atoms with E-state index in [2.05, 4.69) is 9.72 Å². The van der Waals surface area contributed by atoms with E-state index in [9.17, 15) is 23.2 Å². The Morgan fingerprint density at radius 1 is 1.17 bits per heavy atom. The molecule has 0 bridgehead atoms. The Morgan fingerprint density at radius 3 is 2.40 bits per heavy atom. The van der Waals surface area contributed by atoms with Crippen molar-refractivity contribution in [3.05, 3.63) is 59.0 Å². The van der Waals surface area contributed by atoms with Gasteiger partial charge in [-0.15, -0.1) is 0 Å². The van der Waals surface area contributed by atoms with Gasteiger partial charge < -0.3 is 19.2 Å². The van der Waals surface area contributed by atoms with E-state index in [0.29, 0.717) is 16.5 Å². The van der Waals surface area contributed by atoms with Gasteiger partial charge in [0.1, 0.15) is 17.5 Å². The van der Waals surface area contributed by atoms with Crippen molar-refractivity contribution in [2.45, 2.75) is 6.61 Å². The molecule has 0 fully saturated rings. The van der Waals surface area contributed by atoms with Gasteiger partial charge in [0.2, 0.25) is 11.5 Å². The van der Waals surface area contributed by atoms with Gasteiger partial charge in [0.05, 0.1) is 14.2 Å². The van der Waals surface area contributed by atoms with E-state index in [-0.39, 0.29) is 28.4 Å². The summed E-state index contributed by atoms with van der Waals surface area (Å²) in [5, 5.41) is 9.96. The van der Waals surface area contributed by atoms with E-state index >= 15 is 0 Å². The molecule has 3 rings (SSSR count). The molecular formula is C21H15F3N2O4. The van der Waals surface area contributed by atoms with Crippen molar-refractivity contribution in [3.63, 3.8) is 0 Å². The second-order valence-electron chi connectivity index (χ2n) is 6.02. The molecule has 30 heavy (non-hydrogen) atoms. The molecule has 0 spiro atoms. The second-order valence-corrected chi connectivity index (χ2v) is 6.02. The standard InChI is InChI=1S/C21H15F3N2O4/c1-28-17-6-11(7-18(29-2)20(17)30-21(23)24)5-12(9-25)19(27)15-10-26-16-8-13(22)3-4-14(15)16/h3-8,10,21,26H,1-2H3/b12-5-. The number of Topliss-reactive ketones (excluding diaryl/α,β-unsaturated/α-hetero) is 1. The fraction of sp³-hybridized carbons (Fsp3) is 0.143. The number of aromatic amines is 1. The molecule has 1 aromatic heterocycles. The first kappa shape index (κ1) is 20.8.